The number of carbonyl (C=O) groups excluding carboxylic acids is 2. The van der Waals surface area contributed by atoms with Gasteiger partial charge in [-0.15, -0.1) is 0 Å². The molecule has 0 unspecified atom stereocenters. The topological polar surface area (TPSA) is 91.6 Å². The molecule has 1 aliphatic heterocycles. The number of fused-ring (bicyclic) bond motifs is 2. The zero-order chi connectivity index (χ0) is 19.0. The number of urea groups is 1. The number of aromatic nitrogens is 2. The quantitative estimate of drug-likeness (QED) is 0.753. The highest BCUT2D eigenvalue weighted by molar-refractivity contribution is 6.04. The molecule has 8 nitrogen and oxygen atoms in total. The van der Waals surface area contributed by atoms with Gasteiger partial charge in [0.1, 0.15) is 5.52 Å². The van der Waals surface area contributed by atoms with Crippen LogP contribution in [-0.4, -0.2) is 52.3 Å². The number of rotatable bonds is 2. The van der Waals surface area contributed by atoms with Crippen molar-refractivity contribution in [2.24, 2.45) is 0 Å². The molecule has 1 aliphatic rings. The van der Waals surface area contributed by atoms with E-state index in [2.05, 4.69) is 15.3 Å². The molecule has 3 amide bonds. The number of para-hydroxylation sites is 2. The Morgan fingerprint density at radius 1 is 1.22 bits per heavy atom. The molecule has 4 rings (SSSR count). The lowest BCUT2D eigenvalue weighted by atomic mass is 9.97. The van der Waals surface area contributed by atoms with Gasteiger partial charge in [0.05, 0.1) is 5.56 Å². The Balaban J connectivity index is 1.57. The number of hydrogen-bond acceptors (Lipinski definition) is 5. The average molecular weight is 365 g/mol. The Bertz CT molecular complexity index is 994. The van der Waals surface area contributed by atoms with Crippen LogP contribution in [-0.2, 0) is 13.0 Å². The van der Waals surface area contributed by atoms with Gasteiger partial charge >= 0.3 is 12.0 Å². The summed E-state index contributed by atoms with van der Waals surface area (Å²) in [5.74, 6) is -0.321. The van der Waals surface area contributed by atoms with Gasteiger partial charge in [-0.3, -0.25) is 15.1 Å². The van der Waals surface area contributed by atoms with Crippen molar-refractivity contribution in [1.82, 2.24) is 19.8 Å². The number of amides is 3. The summed E-state index contributed by atoms with van der Waals surface area (Å²) in [6.45, 7) is 0.987. The van der Waals surface area contributed by atoms with E-state index in [9.17, 15) is 9.59 Å². The first-order valence-corrected chi connectivity index (χ1v) is 8.62. The van der Waals surface area contributed by atoms with Gasteiger partial charge in [-0.2, -0.15) is 4.98 Å². The molecule has 0 bridgehead atoms. The van der Waals surface area contributed by atoms with Gasteiger partial charge < -0.3 is 14.2 Å². The Labute approximate surface area is 155 Å². The lowest BCUT2D eigenvalue weighted by molar-refractivity contribution is 0.102. The van der Waals surface area contributed by atoms with Gasteiger partial charge in [0.15, 0.2) is 5.58 Å². The van der Waals surface area contributed by atoms with Crippen LogP contribution in [0.1, 0.15) is 21.5 Å². The van der Waals surface area contributed by atoms with Crippen LogP contribution in [0.4, 0.5) is 10.8 Å². The summed E-state index contributed by atoms with van der Waals surface area (Å²) in [6, 6.07) is 7.41. The number of pyridine rings is 1. The Morgan fingerprint density at radius 3 is 2.81 bits per heavy atom. The zero-order valence-electron chi connectivity index (χ0n) is 15.1. The smallest absolute Gasteiger partial charge is 0.319 e. The minimum Gasteiger partial charge on any atom is -0.423 e. The van der Waals surface area contributed by atoms with Crippen LogP contribution in [0.5, 0.6) is 0 Å². The summed E-state index contributed by atoms with van der Waals surface area (Å²) in [5.41, 5.74) is 3.55. The molecule has 0 fully saturated rings. The van der Waals surface area contributed by atoms with E-state index in [0.29, 0.717) is 36.2 Å². The number of nitrogens with one attached hydrogen (secondary N) is 1. The van der Waals surface area contributed by atoms with E-state index in [1.165, 1.54) is 0 Å². The average Bonchev–Trinajstić information content (AvgIpc) is 3.08. The predicted octanol–water partition coefficient (Wildman–Crippen LogP) is 2.51. The maximum absolute atomic E-state index is 12.7. The zero-order valence-corrected chi connectivity index (χ0v) is 15.1. The second-order valence-corrected chi connectivity index (χ2v) is 6.61. The highest BCUT2D eigenvalue weighted by atomic mass is 16.4. The van der Waals surface area contributed by atoms with Gasteiger partial charge in [0, 0.05) is 39.6 Å². The Kier molecular flexibility index (Phi) is 4.23. The molecule has 2 aromatic heterocycles. The molecule has 3 aromatic rings. The van der Waals surface area contributed by atoms with E-state index in [-0.39, 0.29) is 18.0 Å². The second-order valence-electron chi connectivity index (χ2n) is 6.61. The minimum atomic E-state index is -0.321. The fraction of sp³-hybridized carbons (Fsp3) is 0.263. The molecule has 1 N–H and O–H groups in total. The molecule has 0 aliphatic carbocycles. The van der Waals surface area contributed by atoms with Crippen LogP contribution in [0.2, 0.25) is 0 Å². The first-order chi connectivity index (χ1) is 13.0. The first-order valence-electron chi connectivity index (χ1n) is 8.62. The molecule has 0 spiro atoms. The lowest BCUT2D eigenvalue weighted by Crippen LogP contribution is -2.42. The van der Waals surface area contributed by atoms with Crippen LogP contribution in [0.3, 0.4) is 0 Å². The SMILES string of the molecule is CN(C)C(=O)N1CCc2c(cncc2C(=O)Nc2nc3ccccc3o2)C1. The molecular weight excluding hydrogens is 346 g/mol. The molecule has 3 heterocycles. The standard InChI is InChI=1S/C19H19N5O3/c1-23(2)19(26)24-8-7-13-12(11-24)9-20-10-14(13)17(25)22-18-21-15-5-3-4-6-16(15)27-18/h3-6,9-10H,7-8,11H2,1-2H3,(H,21,22,25). The van der Waals surface area contributed by atoms with Crippen LogP contribution in [0.25, 0.3) is 11.1 Å². The van der Waals surface area contributed by atoms with Gasteiger partial charge in [-0.05, 0) is 29.7 Å². The van der Waals surface area contributed by atoms with Gasteiger partial charge in [0.25, 0.3) is 5.91 Å². The number of hydrogen-bond donors (Lipinski definition) is 1. The van der Waals surface area contributed by atoms with Crippen LogP contribution < -0.4 is 5.32 Å². The summed E-state index contributed by atoms with van der Waals surface area (Å²) in [6.07, 6.45) is 3.84. The van der Waals surface area contributed by atoms with Gasteiger partial charge in [-0.25, -0.2) is 4.79 Å². The summed E-state index contributed by atoms with van der Waals surface area (Å²) >= 11 is 0. The van der Waals surface area contributed by atoms with E-state index in [0.717, 1.165) is 11.1 Å². The molecule has 0 radical (unpaired) electrons. The van der Waals surface area contributed by atoms with Crippen molar-refractivity contribution in [3.63, 3.8) is 0 Å². The van der Waals surface area contributed by atoms with Gasteiger partial charge in [0.2, 0.25) is 0 Å². The molecule has 138 valence electrons. The maximum atomic E-state index is 12.7. The number of oxazole rings is 1. The van der Waals surface area contributed by atoms with Crippen LogP contribution >= 0.6 is 0 Å². The summed E-state index contributed by atoms with van der Waals surface area (Å²) in [7, 11) is 3.45. The maximum Gasteiger partial charge on any atom is 0.319 e. The molecule has 1 aromatic carbocycles. The molecule has 0 atom stereocenters. The van der Waals surface area contributed by atoms with Crippen molar-refractivity contribution in [2.45, 2.75) is 13.0 Å². The monoisotopic (exact) mass is 365 g/mol. The lowest BCUT2D eigenvalue weighted by Gasteiger charge is -2.31. The predicted molar refractivity (Wildman–Crippen MR) is 99.4 cm³/mol. The van der Waals surface area contributed by atoms with Gasteiger partial charge in [-0.1, -0.05) is 12.1 Å². The van der Waals surface area contributed by atoms with Crippen molar-refractivity contribution in [2.75, 3.05) is 26.0 Å². The number of nitrogens with zero attached hydrogens (tertiary/aromatic N) is 4. The third-order valence-corrected chi connectivity index (χ3v) is 4.55. The largest absolute Gasteiger partial charge is 0.423 e. The van der Waals surface area contributed by atoms with Crippen molar-refractivity contribution < 1.29 is 14.0 Å². The molecule has 0 saturated carbocycles. The molecule has 27 heavy (non-hydrogen) atoms. The number of benzene rings is 1. The minimum absolute atomic E-state index is 0.0537. The number of anilines is 1. The van der Waals surface area contributed by atoms with E-state index < -0.39 is 0 Å². The van der Waals surface area contributed by atoms with E-state index >= 15 is 0 Å². The Hall–Kier alpha value is -3.42. The highest BCUT2D eigenvalue weighted by Gasteiger charge is 2.26. The highest BCUT2D eigenvalue weighted by Crippen LogP contribution is 2.24. The van der Waals surface area contributed by atoms with Crippen molar-refractivity contribution >= 4 is 29.1 Å². The third kappa shape index (κ3) is 3.21. The van der Waals surface area contributed by atoms with E-state index in [1.54, 1.807) is 42.4 Å². The van der Waals surface area contributed by atoms with E-state index in [1.807, 2.05) is 18.2 Å². The fourth-order valence-electron chi connectivity index (χ4n) is 3.23. The normalized spacial score (nSPS) is 13.3. The molecule has 0 saturated heterocycles. The van der Waals surface area contributed by atoms with Crippen molar-refractivity contribution in [1.29, 1.82) is 0 Å². The summed E-state index contributed by atoms with van der Waals surface area (Å²) in [5, 5.41) is 2.70. The Morgan fingerprint density at radius 2 is 2.04 bits per heavy atom. The van der Waals surface area contributed by atoms with Crippen LogP contribution in [0, 0.1) is 0 Å². The van der Waals surface area contributed by atoms with Crippen molar-refractivity contribution in [3.05, 3.63) is 53.3 Å². The fourth-order valence-corrected chi connectivity index (χ4v) is 3.23. The van der Waals surface area contributed by atoms with Crippen LogP contribution in [0.15, 0.2) is 41.1 Å². The third-order valence-electron chi connectivity index (χ3n) is 4.55. The molecule has 8 heteroatoms. The van der Waals surface area contributed by atoms with E-state index in [4.69, 9.17) is 4.42 Å². The number of carbonyl (C=O) groups is 2. The van der Waals surface area contributed by atoms with Crippen molar-refractivity contribution in [3.8, 4) is 0 Å². The second kappa shape index (κ2) is 6.71. The molecular formula is C19H19N5O3. The first kappa shape index (κ1) is 17.0. The summed E-state index contributed by atoms with van der Waals surface area (Å²) in [4.78, 5) is 36.7. The summed E-state index contributed by atoms with van der Waals surface area (Å²) < 4.78 is 5.56.